The highest BCUT2D eigenvalue weighted by Gasteiger charge is 2.41. The maximum atomic E-state index is 13.2. The van der Waals surface area contributed by atoms with Gasteiger partial charge in [0.1, 0.15) is 0 Å². The molecule has 2 aromatic rings. The van der Waals surface area contributed by atoms with Gasteiger partial charge in [-0.15, -0.1) is 0 Å². The number of nitrogens with zero attached hydrogens (tertiary/aromatic N) is 1. The van der Waals surface area contributed by atoms with Gasteiger partial charge >= 0.3 is 12.1 Å². The molecule has 0 bridgehead atoms. The third-order valence-corrected chi connectivity index (χ3v) is 5.64. The van der Waals surface area contributed by atoms with Crippen molar-refractivity contribution in [3.63, 3.8) is 0 Å². The summed E-state index contributed by atoms with van der Waals surface area (Å²) in [7, 11) is 0. The second kappa shape index (κ2) is 13.0. The topological polar surface area (TPSA) is 46.6 Å². The Morgan fingerprint density at radius 2 is 1.62 bits per heavy atom. The molecule has 0 aliphatic rings. The van der Waals surface area contributed by atoms with Crippen LogP contribution in [0.25, 0.3) is 5.57 Å². The number of alkyl halides is 3. The van der Waals surface area contributed by atoms with Gasteiger partial charge in [0, 0.05) is 18.4 Å². The van der Waals surface area contributed by atoms with E-state index in [2.05, 4.69) is 13.8 Å². The molecule has 0 radical (unpaired) electrons. The number of carbonyl (C=O) groups is 2. The van der Waals surface area contributed by atoms with Crippen LogP contribution in [-0.4, -0.2) is 31.1 Å². The van der Waals surface area contributed by atoms with E-state index in [-0.39, 0.29) is 5.56 Å². The van der Waals surface area contributed by atoms with Crippen molar-refractivity contribution in [2.24, 2.45) is 5.92 Å². The molecule has 2 rings (SSSR count). The minimum atomic E-state index is -5.00. The lowest BCUT2D eigenvalue weighted by Crippen LogP contribution is -2.26. The Morgan fingerprint density at radius 1 is 0.971 bits per heavy atom. The smallest absolute Gasteiger partial charge is 0.454 e. The third kappa shape index (κ3) is 7.75. The number of esters is 1. The molecule has 1 unspecified atom stereocenters. The van der Waals surface area contributed by atoms with Crippen LogP contribution in [-0.2, 0) is 9.53 Å². The lowest BCUT2D eigenvalue weighted by molar-refractivity contribution is -0.164. The number of benzene rings is 2. The normalized spacial score (nSPS) is 12.8. The van der Waals surface area contributed by atoms with Gasteiger partial charge in [0.05, 0.1) is 17.7 Å². The van der Waals surface area contributed by atoms with Crippen LogP contribution in [0.15, 0.2) is 60.8 Å². The first-order valence-corrected chi connectivity index (χ1v) is 11.6. The maximum Gasteiger partial charge on any atom is 0.454 e. The number of ketones is 1. The van der Waals surface area contributed by atoms with Gasteiger partial charge in [-0.3, -0.25) is 4.79 Å². The molecule has 0 fully saturated rings. The summed E-state index contributed by atoms with van der Waals surface area (Å²) in [5.74, 6) is -2.02. The van der Waals surface area contributed by atoms with E-state index < -0.39 is 23.5 Å². The lowest BCUT2D eigenvalue weighted by Gasteiger charge is -2.21. The highest BCUT2D eigenvalue weighted by Crippen LogP contribution is 2.28. The minimum absolute atomic E-state index is 0.178. The summed E-state index contributed by atoms with van der Waals surface area (Å²) >= 11 is 0. The van der Waals surface area contributed by atoms with E-state index >= 15 is 0 Å². The van der Waals surface area contributed by atoms with Gasteiger partial charge in [-0.1, -0.05) is 63.4 Å². The first kappa shape index (κ1) is 27.2. The number of ether oxygens (including phenoxy) is 1. The lowest BCUT2D eigenvalue weighted by atomic mass is 10.0. The van der Waals surface area contributed by atoms with Crippen molar-refractivity contribution in [3.05, 3.63) is 71.9 Å². The molecule has 1 atom stereocenters. The second-order valence-corrected chi connectivity index (χ2v) is 8.08. The van der Waals surface area contributed by atoms with E-state index in [4.69, 9.17) is 4.74 Å². The van der Waals surface area contributed by atoms with Crippen LogP contribution in [0, 0.1) is 5.92 Å². The second-order valence-electron chi connectivity index (χ2n) is 8.08. The molecule has 0 amide bonds. The number of unbranched alkanes of at least 4 members (excludes halogenated alkanes) is 1. The van der Waals surface area contributed by atoms with Crippen LogP contribution >= 0.6 is 0 Å². The van der Waals surface area contributed by atoms with Crippen LogP contribution in [0.2, 0.25) is 0 Å². The largest absolute Gasteiger partial charge is 0.462 e. The SMILES string of the molecule is CCCCC(CC)COC(=O)c1ccc(N(/C=C(\C(=O)C(F)(F)F)c2ccccc2)CC)cc1. The number of anilines is 1. The Balaban J connectivity index is 2.22. The Morgan fingerprint density at radius 3 is 2.15 bits per heavy atom. The van der Waals surface area contributed by atoms with E-state index in [1.165, 1.54) is 18.3 Å². The molecule has 2 aromatic carbocycles. The number of Topliss-reactive ketones (excluding diaryl/α,β-unsaturated/α-hetero) is 1. The molecule has 0 saturated heterocycles. The molecular formula is C27H32F3NO3. The van der Waals surface area contributed by atoms with E-state index in [9.17, 15) is 22.8 Å². The first-order valence-electron chi connectivity index (χ1n) is 11.6. The molecule has 4 nitrogen and oxygen atoms in total. The Bertz CT molecular complexity index is 953. The van der Waals surface area contributed by atoms with E-state index in [1.54, 1.807) is 54.3 Å². The number of hydrogen-bond acceptors (Lipinski definition) is 4. The van der Waals surface area contributed by atoms with Crippen molar-refractivity contribution in [1.29, 1.82) is 0 Å². The molecule has 0 aliphatic carbocycles. The molecule has 0 N–H and O–H groups in total. The summed E-state index contributed by atoms with van der Waals surface area (Å²) in [5, 5.41) is 0. The molecule has 184 valence electrons. The number of carbonyl (C=O) groups excluding carboxylic acids is 2. The fourth-order valence-electron chi connectivity index (χ4n) is 3.50. The zero-order valence-corrected chi connectivity index (χ0v) is 19.9. The van der Waals surface area contributed by atoms with Crippen LogP contribution in [0.3, 0.4) is 0 Å². The molecule has 0 heterocycles. The number of halogens is 3. The van der Waals surface area contributed by atoms with Gasteiger partial charge in [-0.05, 0) is 49.1 Å². The monoisotopic (exact) mass is 475 g/mol. The summed E-state index contributed by atoms with van der Waals surface area (Å²) < 4.78 is 45.2. The summed E-state index contributed by atoms with van der Waals surface area (Å²) in [4.78, 5) is 26.1. The highest BCUT2D eigenvalue weighted by atomic mass is 19.4. The molecule has 0 aliphatic heterocycles. The van der Waals surface area contributed by atoms with Crippen molar-refractivity contribution in [1.82, 2.24) is 0 Å². The van der Waals surface area contributed by atoms with E-state index in [0.717, 1.165) is 25.7 Å². The predicted octanol–water partition coefficient (Wildman–Crippen LogP) is 7.06. The van der Waals surface area contributed by atoms with E-state index in [0.29, 0.717) is 30.3 Å². The average Bonchev–Trinajstić information content (AvgIpc) is 2.84. The number of rotatable bonds is 12. The first-order chi connectivity index (χ1) is 16.2. The quantitative estimate of drug-likeness (QED) is 0.244. The zero-order valence-electron chi connectivity index (χ0n) is 19.9. The van der Waals surface area contributed by atoms with Gasteiger partial charge < -0.3 is 9.64 Å². The molecule has 0 aromatic heterocycles. The molecule has 7 heteroatoms. The van der Waals surface area contributed by atoms with Gasteiger partial charge in [-0.2, -0.15) is 13.2 Å². The molecule has 0 spiro atoms. The van der Waals surface area contributed by atoms with Gasteiger partial charge in [0.15, 0.2) is 0 Å². The third-order valence-electron chi connectivity index (χ3n) is 5.64. The van der Waals surface area contributed by atoms with Gasteiger partial charge in [0.2, 0.25) is 0 Å². The Hall–Kier alpha value is -3.09. The fraction of sp³-hybridized carbons (Fsp3) is 0.407. The Kier molecular flexibility index (Phi) is 10.4. The molecule has 0 saturated carbocycles. The van der Waals surface area contributed by atoms with Crippen molar-refractivity contribution in [2.45, 2.75) is 52.6 Å². The molecule has 34 heavy (non-hydrogen) atoms. The summed E-state index contributed by atoms with van der Waals surface area (Å²) in [5.41, 5.74) is 0.647. The van der Waals surface area contributed by atoms with Gasteiger partial charge in [0.25, 0.3) is 5.78 Å². The average molecular weight is 476 g/mol. The van der Waals surface area contributed by atoms with Crippen LogP contribution in [0.4, 0.5) is 18.9 Å². The minimum Gasteiger partial charge on any atom is -0.462 e. The van der Waals surface area contributed by atoms with Crippen molar-refractivity contribution >= 4 is 23.0 Å². The number of allylic oxidation sites excluding steroid dienone is 1. The Labute approximate surface area is 199 Å². The predicted molar refractivity (Wildman–Crippen MR) is 129 cm³/mol. The highest BCUT2D eigenvalue weighted by molar-refractivity contribution is 6.23. The van der Waals surface area contributed by atoms with Crippen LogP contribution in [0.5, 0.6) is 0 Å². The standard InChI is InChI=1S/C27H32F3NO3/c1-4-7-11-20(5-2)19-34-26(33)22-14-16-23(17-15-22)31(6-3)18-24(25(32)27(28,29)30)21-12-9-8-10-13-21/h8-10,12-18,20H,4-7,11,19H2,1-3H3/b24-18-. The fourth-order valence-corrected chi connectivity index (χ4v) is 3.50. The summed E-state index contributed by atoms with van der Waals surface area (Å²) in [6.45, 7) is 6.64. The van der Waals surface area contributed by atoms with E-state index in [1.807, 2.05) is 0 Å². The maximum absolute atomic E-state index is 13.2. The molecular weight excluding hydrogens is 443 g/mol. The van der Waals surface area contributed by atoms with Crippen LogP contribution < -0.4 is 4.90 Å². The van der Waals surface area contributed by atoms with Crippen LogP contribution in [0.1, 0.15) is 62.4 Å². The summed E-state index contributed by atoms with van der Waals surface area (Å²) in [6.07, 6.45) is 0.337. The van der Waals surface area contributed by atoms with Gasteiger partial charge in [-0.25, -0.2) is 4.79 Å². The van der Waals surface area contributed by atoms with Crippen molar-refractivity contribution in [3.8, 4) is 0 Å². The zero-order chi connectivity index (χ0) is 25.1. The van der Waals surface area contributed by atoms with Crippen molar-refractivity contribution < 1.29 is 27.5 Å². The summed E-state index contributed by atoms with van der Waals surface area (Å²) in [6, 6.07) is 14.2. The number of hydrogen-bond donors (Lipinski definition) is 0. The van der Waals surface area contributed by atoms with Crippen molar-refractivity contribution in [2.75, 3.05) is 18.1 Å².